The van der Waals surface area contributed by atoms with Crippen molar-refractivity contribution < 1.29 is 9.18 Å². The SMILES string of the molecule is CNc1c(F)cccc1C(=O)NC(C)c1sc(C)nc1C. The van der Waals surface area contributed by atoms with Crippen molar-refractivity contribution in [3.8, 4) is 0 Å². The van der Waals surface area contributed by atoms with Crippen molar-refractivity contribution in [1.82, 2.24) is 10.3 Å². The summed E-state index contributed by atoms with van der Waals surface area (Å²) in [5.41, 5.74) is 1.42. The molecule has 0 spiro atoms. The third-order valence-electron chi connectivity index (χ3n) is 3.19. The number of nitrogens with zero attached hydrogens (tertiary/aromatic N) is 1. The lowest BCUT2D eigenvalue weighted by Crippen LogP contribution is -2.27. The maximum Gasteiger partial charge on any atom is 0.253 e. The topological polar surface area (TPSA) is 54.0 Å². The minimum absolute atomic E-state index is 0.170. The summed E-state index contributed by atoms with van der Waals surface area (Å²) in [6.45, 7) is 5.75. The first kappa shape index (κ1) is 15.4. The fraction of sp³-hybridized carbons (Fsp3) is 0.333. The normalized spacial score (nSPS) is 12.0. The second-order valence-electron chi connectivity index (χ2n) is 4.79. The van der Waals surface area contributed by atoms with Crippen molar-refractivity contribution in [2.45, 2.75) is 26.8 Å². The molecule has 0 aliphatic rings. The van der Waals surface area contributed by atoms with Crippen molar-refractivity contribution in [3.05, 3.63) is 45.2 Å². The predicted molar refractivity (Wildman–Crippen MR) is 83.4 cm³/mol. The fourth-order valence-corrected chi connectivity index (χ4v) is 3.19. The highest BCUT2D eigenvalue weighted by atomic mass is 32.1. The van der Waals surface area contributed by atoms with E-state index >= 15 is 0 Å². The van der Waals surface area contributed by atoms with E-state index in [0.29, 0.717) is 5.56 Å². The van der Waals surface area contributed by atoms with Crippen LogP contribution in [0.1, 0.15) is 38.9 Å². The largest absolute Gasteiger partial charge is 0.385 e. The molecule has 0 aliphatic carbocycles. The maximum absolute atomic E-state index is 13.7. The molecular weight excluding hydrogens is 289 g/mol. The van der Waals surface area contributed by atoms with E-state index in [2.05, 4.69) is 15.6 Å². The van der Waals surface area contributed by atoms with E-state index in [4.69, 9.17) is 0 Å². The fourth-order valence-electron chi connectivity index (χ4n) is 2.26. The zero-order chi connectivity index (χ0) is 15.6. The van der Waals surface area contributed by atoms with Crippen LogP contribution in [0.3, 0.4) is 0 Å². The first-order valence-corrected chi connectivity index (χ1v) is 7.46. The molecule has 1 amide bonds. The van der Waals surface area contributed by atoms with Crippen molar-refractivity contribution in [2.75, 3.05) is 12.4 Å². The van der Waals surface area contributed by atoms with Gasteiger partial charge in [-0.3, -0.25) is 4.79 Å². The molecule has 6 heteroatoms. The summed E-state index contributed by atoms with van der Waals surface area (Å²) in [6.07, 6.45) is 0. The molecule has 0 saturated carbocycles. The molecule has 2 rings (SSSR count). The number of hydrogen-bond acceptors (Lipinski definition) is 4. The molecule has 112 valence electrons. The minimum atomic E-state index is -0.442. The Bertz CT molecular complexity index is 669. The number of carbonyl (C=O) groups excluding carboxylic acids is 1. The van der Waals surface area contributed by atoms with Gasteiger partial charge in [0.05, 0.1) is 28.0 Å². The molecule has 1 aromatic heterocycles. The highest BCUT2D eigenvalue weighted by Gasteiger charge is 2.19. The van der Waals surface area contributed by atoms with Crippen LogP contribution in [0, 0.1) is 19.7 Å². The lowest BCUT2D eigenvalue weighted by Gasteiger charge is -2.15. The van der Waals surface area contributed by atoms with E-state index in [1.165, 1.54) is 12.1 Å². The highest BCUT2D eigenvalue weighted by Crippen LogP contribution is 2.25. The smallest absolute Gasteiger partial charge is 0.253 e. The summed E-state index contributed by atoms with van der Waals surface area (Å²) >= 11 is 1.56. The van der Waals surface area contributed by atoms with Crippen LogP contribution in [0.15, 0.2) is 18.2 Å². The van der Waals surface area contributed by atoms with Crippen LogP contribution in [0.25, 0.3) is 0 Å². The number of hydrogen-bond donors (Lipinski definition) is 2. The number of amides is 1. The summed E-state index contributed by atoms with van der Waals surface area (Å²) < 4.78 is 13.7. The van der Waals surface area contributed by atoms with Crippen LogP contribution in [-0.4, -0.2) is 17.9 Å². The highest BCUT2D eigenvalue weighted by molar-refractivity contribution is 7.11. The number of para-hydroxylation sites is 1. The van der Waals surface area contributed by atoms with E-state index < -0.39 is 5.82 Å². The quantitative estimate of drug-likeness (QED) is 0.910. The van der Waals surface area contributed by atoms with Crippen LogP contribution in [0.2, 0.25) is 0 Å². The number of rotatable bonds is 4. The summed E-state index contributed by atoms with van der Waals surface area (Å²) in [5, 5.41) is 6.58. The number of benzene rings is 1. The van der Waals surface area contributed by atoms with Gasteiger partial charge in [0.15, 0.2) is 0 Å². The Morgan fingerprint density at radius 1 is 1.38 bits per heavy atom. The van der Waals surface area contributed by atoms with Gasteiger partial charge in [0, 0.05) is 11.9 Å². The third kappa shape index (κ3) is 3.21. The molecule has 21 heavy (non-hydrogen) atoms. The second kappa shape index (κ2) is 6.22. The Balaban J connectivity index is 2.22. The van der Waals surface area contributed by atoms with Gasteiger partial charge in [0.25, 0.3) is 5.91 Å². The van der Waals surface area contributed by atoms with Crippen molar-refractivity contribution >= 4 is 22.9 Å². The summed E-state index contributed by atoms with van der Waals surface area (Å²) in [5.74, 6) is -0.751. The van der Waals surface area contributed by atoms with Crippen LogP contribution in [0.5, 0.6) is 0 Å². The molecule has 0 bridgehead atoms. The lowest BCUT2D eigenvalue weighted by atomic mass is 10.1. The van der Waals surface area contributed by atoms with Gasteiger partial charge >= 0.3 is 0 Å². The monoisotopic (exact) mass is 307 g/mol. The number of anilines is 1. The van der Waals surface area contributed by atoms with Crippen LogP contribution in [-0.2, 0) is 0 Å². The maximum atomic E-state index is 13.7. The minimum Gasteiger partial charge on any atom is -0.385 e. The molecule has 4 nitrogen and oxygen atoms in total. The van der Waals surface area contributed by atoms with Crippen molar-refractivity contribution in [1.29, 1.82) is 0 Å². The zero-order valence-corrected chi connectivity index (χ0v) is 13.3. The molecule has 0 fully saturated rings. The zero-order valence-electron chi connectivity index (χ0n) is 12.5. The summed E-state index contributed by atoms with van der Waals surface area (Å²) in [7, 11) is 1.59. The Kier molecular flexibility index (Phi) is 4.57. The van der Waals surface area contributed by atoms with Gasteiger partial charge in [-0.2, -0.15) is 0 Å². The Labute approximate surface area is 127 Å². The number of carbonyl (C=O) groups is 1. The van der Waals surface area contributed by atoms with Gasteiger partial charge in [0.2, 0.25) is 0 Å². The number of halogens is 1. The molecule has 0 saturated heterocycles. The molecule has 2 aromatic rings. The molecule has 1 aromatic carbocycles. The average molecular weight is 307 g/mol. The molecule has 0 radical (unpaired) electrons. The van der Waals surface area contributed by atoms with E-state index in [0.717, 1.165) is 15.6 Å². The summed E-state index contributed by atoms with van der Waals surface area (Å²) in [6, 6.07) is 4.28. The summed E-state index contributed by atoms with van der Waals surface area (Å²) in [4.78, 5) is 17.7. The number of thiazole rings is 1. The molecule has 1 heterocycles. The molecule has 1 atom stereocenters. The van der Waals surface area contributed by atoms with Gasteiger partial charge < -0.3 is 10.6 Å². The van der Waals surface area contributed by atoms with Gasteiger partial charge in [-0.25, -0.2) is 9.37 Å². The Hall–Kier alpha value is -1.95. The van der Waals surface area contributed by atoms with Crippen LogP contribution >= 0.6 is 11.3 Å². The van der Waals surface area contributed by atoms with Crippen LogP contribution < -0.4 is 10.6 Å². The molecular formula is C15H18FN3OS. The van der Waals surface area contributed by atoms with E-state index in [1.807, 2.05) is 20.8 Å². The van der Waals surface area contributed by atoms with E-state index in [1.54, 1.807) is 24.5 Å². The molecule has 2 N–H and O–H groups in total. The number of aromatic nitrogens is 1. The average Bonchev–Trinajstić information content (AvgIpc) is 2.77. The first-order valence-electron chi connectivity index (χ1n) is 6.65. The number of aryl methyl sites for hydroxylation is 2. The Morgan fingerprint density at radius 3 is 2.67 bits per heavy atom. The predicted octanol–water partition coefficient (Wildman–Crippen LogP) is 3.43. The van der Waals surface area contributed by atoms with Crippen molar-refractivity contribution in [3.63, 3.8) is 0 Å². The van der Waals surface area contributed by atoms with E-state index in [-0.39, 0.29) is 17.6 Å². The second-order valence-corrected chi connectivity index (χ2v) is 6.02. The first-order chi connectivity index (χ1) is 9.93. The Morgan fingerprint density at radius 2 is 2.10 bits per heavy atom. The van der Waals surface area contributed by atoms with Crippen molar-refractivity contribution in [2.24, 2.45) is 0 Å². The molecule has 0 aliphatic heterocycles. The lowest BCUT2D eigenvalue weighted by molar-refractivity contribution is 0.0941. The number of nitrogens with one attached hydrogen (secondary N) is 2. The molecule has 1 unspecified atom stereocenters. The standard InChI is InChI=1S/C15H18FN3OS/c1-8-14(21-10(3)18-8)9(2)19-15(20)11-6-5-7-12(16)13(11)17-4/h5-7,9,17H,1-4H3,(H,19,20). The van der Waals surface area contributed by atoms with Gasteiger partial charge in [-0.15, -0.1) is 11.3 Å². The third-order valence-corrected chi connectivity index (χ3v) is 4.44. The van der Waals surface area contributed by atoms with Gasteiger partial charge in [-0.05, 0) is 32.9 Å². The van der Waals surface area contributed by atoms with E-state index in [9.17, 15) is 9.18 Å². The van der Waals surface area contributed by atoms with Gasteiger partial charge in [-0.1, -0.05) is 6.07 Å². The van der Waals surface area contributed by atoms with Crippen LogP contribution in [0.4, 0.5) is 10.1 Å². The van der Waals surface area contributed by atoms with Gasteiger partial charge in [0.1, 0.15) is 5.82 Å².